The lowest BCUT2D eigenvalue weighted by atomic mass is 10.0. The van der Waals surface area contributed by atoms with Crippen molar-refractivity contribution in [3.05, 3.63) is 72.3 Å². The van der Waals surface area contributed by atoms with Crippen molar-refractivity contribution < 1.29 is 4.42 Å². The van der Waals surface area contributed by atoms with Gasteiger partial charge in [-0.2, -0.15) is 0 Å². The third-order valence-electron chi connectivity index (χ3n) is 4.30. The Balaban J connectivity index is 1.71. The molecule has 0 aliphatic heterocycles. The highest BCUT2D eigenvalue weighted by Crippen LogP contribution is 2.30. The van der Waals surface area contributed by atoms with Crippen LogP contribution in [0.4, 0.5) is 5.69 Å². The van der Waals surface area contributed by atoms with Crippen LogP contribution in [0.5, 0.6) is 0 Å². The van der Waals surface area contributed by atoms with Crippen molar-refractivity contribution >= 4 is 16.8 Å². The number of anilines is 1. The number of hydrogen-bond donors (Lipinski definition) is 1. The Labute approximate surface area is 147 Å². The number of aryl methyl sites for hydroxylation is 1. The second-order valence-electron chi connectivity index (χ2n) is 6.13. The summed E-state index contributed by atoms with van der Waals surface area (Å²) in [5, 5.41) is 3.33. The number of hydrogen-bond acceptors (Lipinski definition) is 3. The molecule has 0 aliphatic rings. The number of nitrogens with one attached hydrogen (secondary N) is 1. The van der Waals surface area contributed by atoms with Crippen LogP contribution in [0, 0.1) is 6.92 Å². The standard InChI is InChI=1S/C22H20N2O/c1-3-23-19-13-15(2)21-20(14-19)24-22(25-21)18-11-9-17(10-12-18)16-7-5-4-6-8-16/h4-14,23H,3H2,1-2H3. The quantitative estimate of drug-likeness (QED) is 0.506. The molecule has 1 aromatic heterocycles. The van der Waals surface area contributed by atoms with E-state index in [4.69, 9.17) is 4.42 Å². The summed E-state index contributed by atoms with van der Waals surface area (Å²) in [6.07, 6.45) is 0. The molecule has 0 saturated carbocycles. The third-order valence-corrected chi connectivity index (χ3v) is 4.30. The maximum absolute atomic E-state index is 6.02. The number of nitrogens with zero attached hydrogens (tertiary/aromatic N) is 1. The molecular weight excluding hydrogens is 308 g/mol. The lowest BCUT2D eigenvalue weighted by molar-refractivity contribution is 0.617. The first-order chi connectivity index (χ1) is 12.2. The van der Waals surface area contributed by atoms with Gasteiger partial charge in [-0.05, 0) is 54.8 Å². The Morgan fingerprint density at radius 2 is 1.56 bits per heavy atom. The minimum atomic E-state index is 0.659. The van der Waals surface area contributed by atoms with Crippen LogP contribution in [-0.2, 0) is 0 Å². The molecule has 124 valence electrons. The Kier molecular flexibility index (Phi) is 3.98. The molecule has 0 spiro atoms. The largest absolute Gasteiger partial charge is 0.436 e. The van der Waals surface area contributed by atoms with E-state index in [2.05, 4.69) is 78.7 Å². The van der Waals surface area contributed by atoms with Crippen LogP contribution in [0.3, 0.4) is 0 Å². The summed E-state index contributed by atoms with van der Waals surface area (Å²) in [5.41, 5.74) is 7.28. The van der Waals surface area contributed by atoms with E-state index in [9.17, 15) is 0 Å². The van der Waals surface area contributed by atoms with E-state index in [-0.39, 0.29) is 0 Å². The summed E-state index contributed by atoms with van der Waals surface area (Å²) in [6, 6.07) is 22.8. The van der Waals surface area contributed by atoms with Crippen LogP contribution in [0.2, 0.25) is 0 Å². The van der Waals surface area contributed by atoms with Crippen molar-refractivity contribution in [1.82, 2.24) is 4.98 Å². The van der Waals surface area contributed by atoms with Crippen molar-refractivity contribution in [2.75, 3.05) is 11.9 Å². The molecule has 1 N–H and O–H groups in total. The topological polar surface area (TPSA) is 38.1 Å². The maximum atomic E-state index is 6.02. The Morgan fingerprint density at radius 3 is 2.28 bits per heavy atom. The summed E-state index contributed by atoms with van der Waals surface area (Å²) in [6.45, 7) is 5.02. The zero-order valence-electron chi connectivity index (χ0n) is 14.4. The van der Waals surface area contributed by atoms with Crippen molar-refractivity contribution in [2.24, 2.45) is 0 Å². The van der Waals surface area contributed by atoms with Crippen LogP contribution < -0.4 is 5.32 Å². The Morgan fingerprint density at radius 1 is 0.880 bits per heavy atom. The van der Waals surface area contributed by atoms with Gasteiger partial charge < -0.3 is 9.73 Å². The molecule has 3 heteroatoms. The lowest BCUT2D eigenvalue weighted by Crippen LogP contribution is -1.96. The van der Waals surface area contributed by atoms with Crippen molar-refractivity contribution in [3.8, 4) is 22.6 Å². The Bertz CT molecular complexity index is 1000. The van der Waals surface area contributed by atoms with Crippen molar-refractivity contribution in [3.63, 3.8) is 0 Å². The molecule has 0 fully saturated rings. The first kappa shape index (κ1) is 15.5. The maximum Gasteiger partial charge on any atom is 0.227 e. The zero-order chi connectivity index (χ0) is 17.2. The molecule has 4 rings (SSSR count). The van der Waals surface area contributed by atoms with Crippen molar-refractivity contribution in [2.45, 2.75) is 13.8 Å². The van der Waals surface area contributed by atoms with E-state index < -0.39 is 0 Å². The van der Waals surface area contributed by atoms with Gasteiger partial charge in [-0.15, -0.1) is 0 Å². The van der Waals surface area contributed by atoms with Crippen LogP contribution >= 0.6 is 0 Å². The highest BCUT2D eigenvalue weighted by molar-refractivity contribution is 5.83. The molecule has 3 nitrogen and oxygen atoms in total. The van der Waals surface area contributed by atoms with Gasteiger partial charge in [-0.1, -0.05) is 42.5 Å². The van der Waals surface area contributed by atoms with Crippen LogP contribution in [0.1, 0.15) is 12.5 Å². The fourth-order valence-electron chi connectivity index (χ4n) is 3.07. The summed E-state index contributed by atoms with van der Waals surface area (Å²) in [7, 11) is 0. The molecular formula is C22H20N2O. The molecule has 1 heterocycles. The van der Waals surface area contributed by atoms with Gasteiger partial charge in [0, 0.05) is 17.8 Å². The highest BCUT2D eigenvalue weighted by Gasteiger charge is 2.11. The van der Waals surface area contributed by atoms with Gasteiger partial charge in [-0.25, -0.2) is 4.98 Å². The third kappa shape index (κ3) is 3.01. The second-order valence-corrected chi connectivity index (χ2v) is 6.13. The summed E-state index contributed by atoms with van der Waals surface area (Å²) in [4.78, 5) is 4.68. The second kappa shape index (κ2) is 6.44. The number of oxazole rings is 1. The van der Waals surface area contributed by atoms with Gasteiger partial charge in [0.15, 0.2) is 5.58 Å². The van der Waals surface area contributed by atoms with E-state index in [1.165, 1.54) is 11.1 Å². The predicted molar refractivity (Wildman–Crippen MR) is 104 cm³/mol. The molecule has 0 amide bonds. The summed E-state index contributed by atoms with van der Waals surface area (Å²) in [5.74, 6) is 0.659. The monoisotopic (exact) mass is 328 g/mol. The summed E-state index contributed by atoms with van der Waals surface area (Å²) >= 11 is 0. The normalized spacial score (nSPS) is 11.0. The smallest absolute Gasteiger partial charge is 0.227 e. The van der Waals surface area contributed by atoms with Crippen molar-refractivity contribution in [1.29, 1.82) is 0 Å². The van der Waals surface area contributed by atoms with E-state index in [1.807, 2.05) is 12.1 Å². The van der Waals surface area contributed by atoms with Gasteiger partial charge in [-0.3, -0.25) is 0 Å². The fraction of sp³-hybridized carbons (Fsp3) is 0.136. The first-order valence-electron chi connectivity index (χ1n) is 8.55. The molecule has 4 aromatic rings. The van der Waals surface area contributed by atoms with Crippen LogP contribution in [-0.4, -0.2) is 11.5 Å². The zero-order valence-corrected chi connectivity index (χ0v) is 14.4. The molecule has 0 radical (unpaired) electrons. The van der Waals surface area contributed by atoms with Crippen LogP contribution in [0.15, 0.2) is 71.1 Å². The number of rotatable bonds is 4. The molecule has 25 heavy (non-hydrogen) atoms. The Hall–Kier alpha value is -3.07. The van der Waals surface area contributed by atoms with Gasteiger partial charge in [0.1, 0.15) is 5.52 Å². The molecule has 3 aromatic carbocycles. The van der Waals surface area contributed by atoms with Crippen LogP contribution in [0.25, 0.3) is 33.7 Å². The molecule has 0 saturated heterocycles. The minimum absolute atomic E-state index is 0.659. The summed E-state index contributed by atoms with van der Waals surface area (Å²) < 4.78 is 6.02. The SMILES string of the molecule is CCNc1cc(C)c2oc(-c3ccc(-c4ccccc4)cc3)nc2c1. The van der Waals surface area contributed by atoms with E-state index in [1.54, 1.807) is 0 Å². The number of benzene rings is 3. The first-order valence-corrected chi connectivity index (χ1v) is 8.55. The van der Waals surface area contributed by atoms with E-state index >= 15 is 0 Å². The number of fused-ring (bicyclic) bond motifs is 1. The van der Waals surface area contributed by atoms with E-state index in [0.29, 0.717) is 5.89 Å². The fourth-order valence-corrected chi connectivity index (χ4v) is 3.07. The molecule has 0 bridgehead atoms. The average Bonchev–Trinajstić information content (AvgIpc) is 3.08. The number of aromatic nitrogens is 1. The molecule has 0 unspecified atom stereocenters. The average molecular weight is 328 g/mol. The van der Waals surface area contributed by atoms with Gasteiger partial charge in [0.2, 0.25) is 5.89 Å². The molecule has 0 aliphatic carbocycles. The van der Waals surface area contributed by atoms with Gasteiger partial charge in [0.05, 0.1) is 0 Å². The predicted octanol–water partition coefficient (Wildman–Crippen LogP) is 5.90. The van der Waals surface area contributed by atoms with E-state index in [0.717, 1.165) is 34.5 Å². The molecule has 0 atom stereocenters. The van der Waals surface area contributed by atoms with Gasteiger partial charge >= 0.3 is 0 Å². The van der Waals surface area contributed by atoms with Gasteiger partial charge in [0.25, 0.3) is 0 Å². The lowest BCUT2D eigenvalue weighted by Gasteiger charge is -2.03. The minimum Gasteiger partial charge on any atom is -0.436 e. The highest BCUT2D eigenvalue weighted by atomic mass is 16.3.